The van der Waals surface area contributed by atoms with E-state index in [1.54, 1.807) is 0 Å². The van der Waals surface area contributed by atoms with Gasteiger partial charge in [-0.15, -0.1) is 0 Å². The van der Waals surface area contributed by atoms with E-state index < -0.39 is 0 Å². The Balaban J connectivity index is 2.70. The fourth-order valence-corrected chi connectivity index (χ4v) is 2.00. The maximum Gasteiger partial charge on any atom is 0.101 e. The SMILES string of the molecule is CCC1=C(C)CC(C)[C@H](CC)O1. The molecule has 1 nitrogen and oxygen atoms in total. The van der Waals surface area contributed by atoms with Crippen LogP contribution >= 0.6 is 0 Å². The molecule has 0 aromatic rings. The molecule has 0 bridgehead atoms. The third-order valence-corrected chi connectivity index (χ3v) is 2.76. The maximum atomic E-state index is 5.89. The summed E-state index contributed by atoms with van der Waals surface area (Å²) in [5.41, 5.74) is 1.45. The van der Waals surface area contributed by atoms with Crippen LogP contribution in [0.3, 0.4) is 0 Å². The van der Waals surface area contributed by atoms with Gasteiger partial charge in [0.05, 0.1) is 5.76 Å². The van der Waals surface area contributed by atoms with Crippen LogP contribution < -0.4 is 0 Å². The Labute approximate surface area is 75.8 Å². The van der Waals surface area contributed by atoms with Crippen LogP contribution in [-0.2, 0) is 4.74 Å². The summed E-state index contributed by atoms with van der Waals surface area (Å²) in [5, 5.41) is 0. The summed E-state index contributed by atoms with van der Waals surface area (Å²) in [4.78, 5) is 0. The molecule has 1 aliphatic rings. The molecule has 70 valence electrons. The van der Waals surface area contributed by atoms with Crippen LogP contribution in [0.1, 0.15) is 47.0 Å². The molecule has 0 saturated carbocycles. The van der Waals surface area contributed by atoms with Crippen molar-refractivity contribution < 1.29 is 4.74 Å². The highest BCUT2D eigenvalue weighted by Gasteiger charge is 2.24. The molecular formula is C11H20O. The molecule has 0 radical (unpaired) electrons. The van der Waals surface area contributed by atoms with Crippen LogP contribution in [0, 0.1) is 5.92 Å². The fourth-order valence-electron chi connectivity index (χ4n) is 2.00. The van der Waals surface area contributed by atoms with Crippen molar-refractivity contribution in [2.24, 2.45) is 5.92 Å². The molecule has 1 aliphatic heterocycles. The van der Waals surface area contributed by atoms with Crippen molar-refractivity contribution in [3.05, 3.63) is 11.3 Å². The molecule has 0 spiro atoms. The van der Waals surface area contributed by atoms with E-state index in [0.717, 1.165) is 12.8 Å². The lowest BCUT2D eigenvalue weighted by Gasteiger charge is -2.31. The molecule has 0 fully saturated rings. The van der Waals surface area contributed by atoms with Crippen molar-refractivity contribution in [3.63, 3.8) is 0 Å². The summed E-state index contributed by atoms with van der Waals surface area (Å²) < 4.78 is 5.89. The molecule has 2 atom stereocenters. The van der Waals surface area contributed by atoms with E-state index in [9.17, 15) is 0 Å². The minimum atomic E-state index is 0.462. The van der Waals surface area contributed by atoms with E-state index >= 15 is 0 Å². The predicted octanol–water partition coefficient (Wildman–Crippen LogP) is 3.51. The summed E-state index contributed by atoms with van der Waals surface area (Å²) in [6.45, 7) is 8.85. The van der Waals surface area contributed by atoms with Gasteiger partial charge in [0.1, 0.15) is 6.10 Å². The highest BCUT2D eigenvalue weighted by atomic mass is 16.5. The monoisotopic (exact) mass is 168 g/mol. The Hall–Kier alpha value is -0.460. The summed E-state index contributed by atoms with van der Waals surface area (Å²) >= 11 is 0. The Kier molecular flexibility index (Phi) is 3.19. The Morgan fingerprint density at radius 2 is 2.08 bits per heavy atom. The highest BCUT2D eigenvalue weighted by molar-refractivity contribution is 5.10. The van der Waals surface area contributed by atoms with Crippen molar-refractivity contribution in [1.82, 2.24) is 0 Å². The van der Waals surface area contributed by atoms with Crippen LogP contribution in [0.25, 0.3) is 0 Å². The minimum absolute atomic E-state index is 0.462. The van der Waals surface area contributed by atoms with Gasteiger partial charge in [0.15, 0.2) is 0 Å². The number of rotatable bonds is 2. The zero-order valence-corrected chi connectivity index (χ0v) is 8.68. The lowest BCUT2D eigenvalue weighted by Crippen LogP contribution is -2.25. The van der Waals surface area contributed by atoms with Gasteiger partial charge in [-0.3, -0.25) is 0 Å². The van der Waals surface area contributed by atoms with Crippen molar-refractivity contribution in [3.8, 4) is 0 Å². The van der Waals surface area contributed by atoms with E-state index in [1.165, 1.54) is 17.8 Å². The van der Waals surface area contributed by atoms with Crippen molar-refractivity contribution >= 4 is 0 Å². The standard InChI is InChI=1S/C11H20O/c1-5-10-8(3)7-9(4)11(6-2)12-10/h8,10H,5-7H2,1-4H3/t8?,10-/m0/s1. The van der Waals surface area contributed by atoms with Gasteiger partial charge in [0.2, 0.25) is 0 Å². The third kappa shape index (κ3) is 1.82. The molecule has 12 heavy (non-hydrogen) atoms. The van der Waals surface area contributed by atoms with Gasteiger partial charge >= 0.3 is 0 Å². The van der Waals surface area contributed by atoms with Gasteiger partial charge in [0, 0.05) is 6.42 Å². The molecule has 0 amide bonds. The average Bonchev–Trinajstić information content (AvgIpc) is 2.05. The first-order valence-corrected chi connectivity index (χ1v) is 5.04. The predicted molar refractivity (Wildman–Crippen MR) is 51.9 cm³/mol. The summed E-state index contributed by atoms with van der Waals surface area (Å²) in [5.74, 6) is 1.94. The second kappa shape index (κ2) is 3.97. The average molecular weight is 168 g/mol. The van der Waals surface area contributed by atoms with Crippen LogP contribution in [0.15, 0.2) is 11.3 Å². The number of hydrogen-bond donors (Lipinski definition) is 0. The largest absolute Gasteiger partial charge is 0.495 e. The van der Waals surface area contributed by atoms with Crippen LogP contribution in [0.2, 0.25) is 0 Å². The molecule has 0 saturated heterocycles. The summed E-state index contributed by atoms with van der Waals surface area (Å²) in [6.07, 6.45) is 3.87. The maximum absolute atomic E-state index is 5.89. The van der Waals surface area contributed by atoms with Gasteiger partial charge in [-0.1, -0.05) is 20.8 Å². The zero-order valence-electron chi connectivity index (χ0n) is 8.68. The molecule has 0 aliphatic carbocycles. The molecular weight excluding hydrogens is 148 g/mol. The summed E-state index contributed by atoms with van der Waals surface area (Å²) in [7, 11) is 0. The quantitative estimate of drug-likeness (QED) is 0.613. The third-order valence-electron chi connectivity index (χ3n) is 2.76. The number of allylic oxidation sites excluding steroid dienone is 2. The number of hydrogen-bond acceptors (Lipinski definition) is 1. The van der Waals surface area contributed by atoms with E-state index in [-0.39, 0.29) is 0 Å². The Morgan fingerprint density at radius 1 is 1.42 bits per heavy atom. The Bertz CT molecular complexity index is 181. The molecule has 0 aromatic heterocycles. The van der Waals surface area contributed by atoms with Crippen molar-refractivity contribution in [2.75, 3.05) is 0 Å². The van der Waals surface area contributed by atoms with Gasteiger partial charge in [0.25, 0.3) is 0 Å². The smallest absolute Gasteiger partial charge is 0.101 e. The number of ether oxygens (including phenoxy) is 1. The molecule has 1 heteroatoms. The highest BCUT2D eigenvalue weighted by Crippen LogP contribution is 2.30. The van der Waals surface area contributed by atoms with E-state index in [4.69, 9.17) is 4.74 Å². The molecule has 0 aromatic carbocycles. The first-order valence-electron chi connectivity index (χ1n) is 5.04. The Morgan fingerprint density at radius 3 is 2.58 bits per heavy atom. The fraction of sp³-hybridized carbons (Fsp3) is 0.818. The van der Waals surface area contributed by atoms with Crippen LogP contribution in [-0.4, -0.2) is 6.10 Å². The molecule has 1 unspecified atom stereocenters. The van der Waals surface area contributed by atoms with Crippen LogP contribution in [0.4, 0.5) is 0 Å². The normalized spacial score (nSPS) is 30.3. The first kappa shape index (κ1) is 9.63. The second-order valence-corrected chi connectivity index (χ2v) is 3.80. The van der Waals surface area contributed by atoms with Gasteiger partial charge in [-0.05, 0) is 31.3 Å². The summed E-state index contributed by atoms with van der Waals surface area (Å²) in [6, 6.07) is 0. The van der Waals surface area contributed by atoms with Crippen LogP contribution in [0.5, 0.6) is 0 Å². The lowest BCUT2D eigenvalue weighted by molar-refractivity contribution is 0.0439. The van der Waals surface area contributed by atoms with E-state index in [2.05, 4.69) is 27.7 Å². The van der Waals surface area contributed by atoms with E-state index in [0.29, 0.717) is 12.0 Å². The van der Waals surface area contributed by atoms with Crippen molar-refractivity contribution in [2.45, 2.75) is 53.1 Å². The lowest BCUT2D eigenvalue weighted by atomic mass is 9.91. The van der Waals surface area contributed by atoms with Gasteiger partial charge < -0.3 is 4.74 Å². The first-order chi connectivity index (χ1) is 5.69. The molecule has 1 rings (SSSR count). The second-order valence-electron chi connectivity index (χ2n) is 3.80. The molecule has 1 heterocycles. The minimum Gasteiger partial charge on any atom is -0.495 e. The zero-order chi connectivity index (χ0) is 9.14. The molecule has 0 N–H and O–H groups in total. The van der Waals surface area contributed by atoms with Gasteiger partial charge in [-0.25, -0.2) is 0 Å². The topological polar surface area (TPSA) is 9.23 Å². The van der Waals surface area contributed by atoms with E-state index in [1.807, 2.05) is 0 Å². The van der Waals surface area contributed by atoms with Gasteiger partial charge in [-0.2, -0.15) is 0 Å². The van der Waals surface area contributed by atoms with Crippen molar-refractivity contribution in [1.29, 1.82) is 0 Å².